The molecule has 0 spiro atoms. The highest BCUT2D eigenvalue weighted by Gasteiger charge is 2.39. The molecule has 0 radical (unpaired) electrons. The Hall–Kier alpha value is -5.74. The minimum atomic E-state index is -0.0193. The largest absolute Gasteiger partial charge is 0.247 e. The quantitative estimate of drug-likeness (QED) is 0.127. The Morgan fingerprint density at radius 1 is 0.290 bits per heavy atom. The molecule has 9 aromatic rings. The van der Waals surface area contributed by atoms with Crippen molar-refractivity contribution in [3.05, 3.63) is 186 Å². The fraction of sp³-hybridized carbons (Fsp3) is 0.242. The van der Waals surface area contributed by atoms with Crippen LogP contribution in [0.4, 0.5) is 0 Å². The summed E-state index contributed by atoms with van der Waals surface area (Å²) in [4.78, 5) is 5.48. The molecule has 0 aromatic heterocycles. The summed E-state index contributed by atoms with van der Waals surface area (Å²) in [5.41, 5.74) is 19.9. The van der Waals surface area contributed by atoms with E-state index in [0.29, 0.717) is 0 Å². The lowest BCUT2D eigenvalue weighted by atomic mass is 9.36. The molecule has 0 aliphatic carbocycles. The molecule has 342 valence electrons. The topological polar surface area (TPSA) is 0 Å². The molecule has 2 aliphatic rings. The van der Waals surface area contributed by atoms with Gasteiger partial charge in [-0.2, -0.15) is 0 Å². The summed E-state index contributed by atoms with van der Waals surface area (Å²) < 4.78 is 0. The molecule has 0 amide bonds. The number of hydrogen-bond donors (Lipinski definition) is 0. The second-order valence-electron chi connectivity index (χ2n) is 23.8. The van der Waals surface area contributed by atoms with E-state index >= 15 is 0 Å². The molecule has 0 saturated carbocycles. The fourth-order valence-electron chi connectivity index (χ4n) is 10.7. The van der Waals surface area contributed by atoms with Crippen LogP contribution in [0.5, 0.6) is 0 Å². The van der Waals surface area contributed by atoms with E-state index in [1.165, 1.54) is 124 Å². The van der Waals surface area contributed by atoms with E-state index < -0.39 is 0 Å². The molecule has 0 nitrogen and oxygen atoms in total. The van der Waals surface area contributed by atoms with Gasteiger partial charge in [0.05, 0.1) is 0 Å². The molecule has 9 aromatic carbocycles. The minimum Gasteiger partial charge on any atom is -0.0911 e. The number of rotatable bonds is 4. The summed E-state index contributed by atoms with van der Waals surface area (Å²) in [6.07, 6.45) is 0. The third-order valence-electron chi connectivity index (χ3n) is 14.8. The summed E-state index contributed by atoms with van der Waals surface area (Å²) in [6, 6.07) is 63.7. The van der Waals surface area contributed by atoms with Gasteiger partial charge < -0.3 is 0 Å². The summed E-state index contributed by atoms with van der Waals surface area (Å²) in [5, 5.41) is 5.08. The summed E-state index contributed by atoms with van der Waals surface area (Å²) in [7, 11) is 0. The lowest BCUT2D eigenvalue weighted by Crippen LogP contribution is -2.58. The molecule has 2 heterocycles. The van der Waals surface area contributed by atoms with Gasteiger partial charge in [0.1, 0.15) is 0 Å². The van der Waals surface area contributed by atoms with Crippen LogP contribution in [-0.2, 0) is 21.7 Å². The third-order valence-corrected chi connectivity index (χ3v) is 17.0. The molecular weight excluding hydrogens is 868 g/mol. The van der Waals surface area contributed by atoms with Gasteiger partial charge in [-0.25, -0.2) is 0 Å². The van der Waals surface area contributed by atoms with E-state index in [4.69, 9.17) is 0 Å². The number of benzene rings is 9. The maximum absolute atomic E-state index is 2.53. The van der Waals surface area contributed by atoms with E-state index in [9.17, 15) is 0 Å². The maximum Gasteiger partial charge on any atom is 0.247 e. The Labute approximate surface area is 420 Å². The van der Waals surface area contributed by atoms with Crippen LogP contribution in [0.15, 0.2) is 183 Å². The average Bonchev–Trinajstić information content (AvgIpc) is 3.31. The van der Waals surface area contributed by atoms with Crippen LogP contribution in [0.25, 0.3) is 66.1 Å². The van der Waals surface area contributed by atoms with Gasteiger partial charge in [0, 0.05) is 19.6 Å². The van der Waals surface area contributed by atoms with Gasteiger partial charge in [0.15, 0.2) is 0 Å². The van der Waals surface area contributed by atoms with Crippen LogP contribution < -0.4 is 16.4 Å². The molecule has 2 aliphatic heterocycles. The predicted molar refractivity (Wildman–Crippen MR) is 304 cm³/mol. The van der Waals surface area contributed by atoms with Crippen LogP contribution >= 0.6 is 23.5 Å². The first-order chi connectivity index (χ1) is 32.7. The van der Waals surface area contributed by atoms with Crippen molar-refractivity contribution in [2.24, 2.45) is 0 Å². The maximum atomic E-state index is 2.53. The van der Waals surface area contributed by atoms with Crippen molar-refractivity contribution in [3.8, 4) is 44.5 Å². The van der Waals surface area contributed by atoms with Gasteiger partial charge in [0.2, 0.25) is 6.71 Å². The summed E-state index contributed by atoms with van der Waals surface area (Å²) >= 11 is 3.94. The minimum absolute atomic E-state index is 0.0193. The van der Waals surface area contributed by atoms with E-state index in [-0.39, 0.29) is 28.4 Å². The highest BCUT2D eigenvalue weighted by atomic mass is 32.2. The molecule has 0 fully saturated rings. The second-order valence-corrected chi connectivity index (χ2v) is 26.0. The van der Waals surface area contributed by atoms with Crippen LogP contribution in [0.3, 0.4) is 0 Å². The highest BCUT2D eigenvalue weighted by Crippen LogP contribution is 2.48. The van der Waals surface area contributed by atoms with Crippen LogP contribution in [0.1, 0.15) is 105 Å². The van der Waals surface area contributed by atoms with Gasteiger partial charge in [-0.3, -0.25) is 0 Å². The van der Waals surface area contributed by atoms with Crippen LogP contribution in [0, 0.1) is 0 Å². The van der Waals surface area contributed by atoms with Crippen LogP contribution in [0.2, 0.25) is 0 Å². The van der Waals surface area contributed by atoms with Gasteiger partial charge in [-0.15, -0.1) is 0 Å². The molecule has 69 heavy (non-hydrogen) atoms. The Balaban J connectivity index is 1.20. The van der Waals surface area contributed by atoms with Crippen molar-refractivity contribution in [2.75, 3.05) is 0 Å². The van der Waals surface area contributed by atoms with Crippen molar-refractivity contribution in [3.63, 3.8) is 0 Å². The van der Waals surface area contributed by atoms with Gasteiger partial charge in [0.25, 0.3) is 0 Å². The Kier molecular flexibility index (Phi) is 10.9. The smallest absolute Gasteiger partial charge is 0.0911 e. The van der Waals surface area contributed by atoms with Crippen molar-refractivity contribution < 1.29 is 0 Å². The summed E-state index contributed by atoms with van der Waals surface area (Å²) in [5.74, 6) is 0. The zero-order valence-corrected chi connectivity index (χ0v) is 44.1. The van der Waals surface area contributed by atoms with E-state index in [2.05, 4.69) is 247 Å². The molecule has 0 atom stereocenters. The molecular formula is C66H63BS2. The summed E-state index contributed by atoms with van der Waals surface area (Å²) in [6.45, 7) is 28.3. The van der Waals surface area contributed by atoms with Crippen LogP contribution in [-0.4, -0.2) is 6.71 Å². The molecule has 11 rings (SSSR count). The Morgan fingerprint density at radius 3 is 1.07 bits per heavy atom. The zero-order chi connectivity index (χ0) is 48.4. The molecule has 3 heteroatoms. The predicted octanol–water partition coefficient (Wildman–Crippen LogP) is 17.3. The SMILES string of the molecule is CC(C)(C)c1cc(-c2cc(-c3cc4c5c(c3)Sc3cc(C(C)(C)C)ccc3B5c3ccc(C(C)(C)C)cc3S4)cc(-c3c4ccccc4c(-c4ccccc4)c4ccccc34)c2)cc(C(C)(C)C)c1. The fourth-order valence-corrected chi connectivity index (χ4v) is 13.3. The van der Waals surface area contributed by atoms with Gasteiger partial charge in [-0.05, 0) is 158 Å². The van der Waals surface area contributed by atoms with Crippen molar-refractivity contribution >= 4 is 68.2 Å². The second kappa shape index (κ2) is 16.4. The van der Waals surface area contributed by atoms with E-state index in [1.807, 2.05) is 23.5 Å². The van der Waals surface area contributed by atoms with Crippen molar-refractivity contribution in [2.45, 2.75) is 124 Å². The Bertz CT molecular complexity index is 3350. The van der Waals surface area contributed by atoms with E-state index in [1.54, 1.807) is 0 Å². The average molecular weight is 931 g/mol. The molecule has 0 unspecified atom stereocenters. The molecule has 0 N–H and O–H groups in total. The molecule has 0 bridgehead atoms. The number of fused-ring (bicyclic) bond motifs is 6. The normalized spacial score (nSPS) is 13.7. The van der Waals surface area contributed by atoms with Crippen molar-refractivity contribution in [1.82, 2.24) is 0 Å². The molecule has 0 saturated heterocycles. The highest BCUT2D eigenvalue weighted by molar-refractivity contribution is 8.01. The standard InChI is InChI=1S/C66H63BS2/c1-63(2,3)46-26-28-54-56(38-46)68-58-35-44(36-59-62(58)67(54)55-29-27-47(64(4,5)6)39-57(55)69-59)42-30-41(43-33-48(65(7,8)9)37-49(34-43)66(10,11)12)31-45(32-42)61-52-24-18-16-22-50(52)60(40-20-14-13-15-21-40)51-23-17-19-25-53(51)61/h13-39H,1-12H3. The first-order valence-electron chi connectivity index (χ1n) is 24.8. The van der Waals surface area contributed by atoms with Gasteiger partial charge in [-0.1, -0.05) is 239 Å². The number of hydrogen-bond acceptors (Lipinski definition) is 2. The van der Waals surface area contributed by atoms with Gasteiger partial charge >= 0.3 is 0 Å². The van der Waals surface area contributed by atoms with E-state index in [0.717, 1.165) is 0 Å². The lowest BCUT2D eigenvalue weighted by molar-refractivity contribution is 0.569. The first kappa shape index (κ1) is 45.7. The monoisotopic (exact) mass is 930 g/mol. The zero-order valence-electron chi connectivity index (χ0n) is 42.5. The third kappa shape index (κ3) is 8.18. The van der Waals surface area contributed by atoms with Crippen molar-refractivity contribution in [1.29, 1.82) is 0 Å². The Morgan fingerprint density at radius 2 is 0.652 bits per heavy atom. The lowest BCUT2D eigenvalue weighted by Gasteiger charge is -2.35. The first-order valence-corrected chi connectivity index (χ1v) is 26.5.